The third-order valence-corrected chi connectivity index (χ3v) is 5.69. The molecule has 0 fully saturated rings. The van der Waals surface area contributed by atoms with Crippen LogP contribution < -0.4 is 5.32 Å². The fourth-order valence-corrected chi connectivity index (χ4v) is 4.07. The van der Waals surface area contributed by atoms with E-state index in [4.69, 9.17) is 11.6 Å². The molecule has 0 atom stereocenters. The molecule has 30 heavy (non-hydrogen) atoms. The molecule has 4 aromatic rings. The van der Waals surface area contributed by atoms with Gasteiger partial charge in [-0.15, -0.1) is 11.3 Å². The number of carbonyl (C=O) groups is 1. The van der Waals surface area contributed by atoms with Gasteiger partial charge in [0.05, 0.1) is 11.4 Å². The summed E-state index contributed by atoms with van der Waals surface area (Å²) in [5, 5.41) is 10.9. The Hall–Kier alpha value is -2.96. The number of rotatable bonds is 7. The van der Waals surface area contributed by atoms with E-state index in [0.29, 0.717) is 22.4 Å². The van der Waals surface area contributed by atoms with Gasteiger partial charge in [0.25, 0.3) is 0 Å². The first kappa shape index (κ1) is 20.3. The van der Waals surface area contributed by atoms with E-state index < -0.39 is 0 Å². The molecule has 1 N–H and O–H groups in total. The molecule has 0 saturated carbocycles. The Morgan fingerprint density at radius 1 is 1.13 bits per heavy atom. The lowest BCUT2D eigenvalue weighted by Gasteiger charge is -2.07. The van der Waals surface area contributed by atoms with Crippen LogP contribution in [0.25, 0.3) is 16.4 Å². The average Bonchev–Trinajstić information content (AvgIpc) is 3.36. The van der Waals surface area contributed by atoms with Crippen molar-refractivity contribution in [2.45, 2.75) is 26.2 Å². The van der Waals surface area contributed by atoms with Crippen LogP contribution in [0.4, 0.5) is 5.82 Å². The highest BCUT2D eigenvalue weighted by molar-refractivity contribution is 7.12. The maximum atomic E-state index is 12.5. The van der Waals surface area contributed by atoms with E-state index in [1.807, 2.05) is 60.8 Å². The minimum Gasteiger partial charge on any atom is -0.311 e. The Morgan fingerprint density at radius 2 is 1.90 bits per heavy atom. The van der Waals surface area contributed by atoms with Crippen LogP contribution in [0.2, 0.25) is 5.02 Å². The van der Waals surface area contributed by atoms with Crippen LogP contribution in [0.1, 0.15) is 24.1 Å². The molecular formula is C23H21ClN4OS. The van der Waals surface area contributed by atoms with Gasteiger partial charge in [-0.25, -0.2) is 4.98 Å². The van der Waals surface area contributed by atoms with Crippen LogP contribution in [-0.4, -0.2) is 20.7 Å². The molecule has 2 aromatic carbocycles. The number of hydrogen-bond donors (Lipinski definition) is 1. The SMILES string of the molecule is Cc1cc(NC(=O)CCCc2ccccc2)n(-c2nc(-c3ccc(Cl)cc3)cs2)n1. The second-order valence-corrected chi connectivity index (χ2v) is 8.27. The molecule has 2 aromatic heterocycles. The van der Waals surface area contributed by atoms with Crippen molar-refractivity contribution in [2.75, 3.05) is 5.32 Å². The Labute approximate surface area is 184 Å². The fraction of sp³-hybridized carbons (Fsp3) is 0.174. The lowest BCUT2D eigenvalue weighted by molar-refractivity contribution is -0.116. The number of benzene rings is 2. The summed E-state index contributed by atoms with van der Waals surface area (Å²) < 4.78 is 1.69. The highest BCUT2D eigenvalue weighted by Gasteiger charge is 2.14. The van der Waals surface area contributed by atoms with Crippen molar-refractivity contribution >= 4 is 34.7 Å². The zero-order chi connectivity index (χ0) is 20.9. The van der Waals surface area contributed by atoms with Gasteiger partial charge in [-0.05, 0) is 37.5 Å². The van der Waals surface area contributed by atoms with Gasteiger partial charge in [-0.3, -0.25) is 4.79 Å². The molecule has 0 aliphatic rings. The second kappa shape index (κ2) is 9.24. The molecule has 0 bridgehead atoms. The summed E-state index contributed by atoms with van der Waals surface area (Å²) in [5.41, 5.74) is 3.89. The topological polar surface area (TPSA) is 59.8 Å². The molecule has 2 heterocycles. The highest BCUT2D eigenvalue weighted by Crippen LogP contribution is 2.27. The van der Waals surface area contributed by atoms with E-state index in [2.05, 4.69) is 27.5 Å². The summed E-state index contributed by atoms with van der Waals surface area (Å²) in [7, 11) is 0. The van der Waals surface area contributed by atoms with Crippen LogP contribution in [0.15, 0.2) is 66.0 Å². The largest absolute Gasteiger partial charge is 0.311 e. The molecule has 0 aliphatic carbocycles. The zero-order valence-corrected chi connectivity index (χ0v) is 18.1. The van der Waals surface area contributed by atoms with Crippen molar-refractivity contribution in [1.29, 1.82) is 0 Å². The number of hydrogen-bond acceptors (Lipinski definition) is 4. The van der Waals surface area contributed by atoms with Crippen molar-refractivity contribution in [2.24, 2.45) is 0 Å². The third-order valence-electron chi connectivity index (χ3n) is 4.62. The van der Waals surface area contributed by atoms with Crippen molar-refractivity contribution in [3.8, 4) is 16.4 Å². The van der Waals surface area contributed by atoms with Crippen LogP contribution in [-0.2, 0) is 11.2 Å². The van der Waals surface area contributed by atoms with Crippen LogP contribution >= 0.6 is 22.9 Å². The third kappa shape index (κ3) is 4.96. The van der Waals surface area contributed by atoms with E-state index in [1.165, 1.54) is 16.9 Å². The Balaban J connectivity index is 1.43. The number of amides is 1. The van der Waals surface area contributed by atoms with Gasteiger partial charge in [0.15, 0.2) is 0 Å². The molecule has 4 rings (SSSR count). The molecule has 0 aliphatic heterocycles. The summed E-state index contributed by atoms with van der Waals surface area (Å²) >= 11 is 7.45. The maximum absolute atomic E-state index is 12.5. The number of nitrogens with one attached hydrogen (secondary N) is 1. The predicted octanol–water partition coefficient (Wildman–Crippen LogP) is 5.92. The smallest absolute Gasteiger partial charge is 0.225 e. The molecule has 0 spiro atoms. The fourth-order valence-electron chi connectivity index (χ4n) is 3.15. The maximum Gasteiger partial charge on any atom is 0.225 e. The normalized spacial score (nSPS) is 10.9. The Kier molecular flexibility index (Phi) is 6.26. The van der Waals surface area contributed by atoms with Gasteiger partial charge < -0.3 is 5.32 Å². The Bertz CT molecular complexity index is 1140. The molecule has 0 saturated heterocycles. The van der Waals surface area contributed by atoms with Gasteiger partial charge in [-0.1, -0.05) is 54.1 Å². The van der Waals surface area contributed by atoms with E-state index >= 15 is 0 Å². The first-order valence-corrected chi connectivity index (χ1v) is 11.0. The molecule has 7 heteroatoms. The molecule has 5 nitrogen and oxygen atoms in total. The lowest BCUT2D eigenvalue weighted by atomic mass is 10.1. The quantitative estimate of drug-likeness (QED) is 0.391. The predicted molar refractivity (Wildman–Crippen MR) is 122 cm³/mol. The van der Waals surface area contributed by atoms with Gasteiger partial charge in [-0.2, -0.15) is 9.78 Å². The molecular weight excluding hydrogens is 416 g/mol. The molecule has 0 radical (unpaired) electrons. The van der Waals surface area contributed by atoms with E-state index in [1.54, 1.807) is 4.68 Å². The van der Waals surface area contributed by atoms with Crippen molar-refractivity contribution in [1.82, 2.24) is 14.8 Å². The highest BCUT2D eigenvalue weighted by atomic mass is 35.5. The van der Waals surface area contributed by atoms with Crippen LogP contribution in [0.3, 0.4) is 0 Å². The second-order valence-electron chi connectivity index (χ2n) is 6.99. The lowest BCUT2D eigenvalue weighted by Crippen LogP contribution is -2.14. The van der Waals surface area contributed by atoms with E-state index in [9.17, 15) is 4.79 Å². The summed E-state index contributed by atoms with van der Waals surface area (Å²) in [4.78, 5) is 17.2. The van der Waals surface area contributed by atoms with Gasteiger partial charge in [0, 0.05) is 28.5 Å². The summed E-state index contributed by atoms with van der Waals surface area (Å²) in [6, 6.07) is 19.6. The van der Waals surface area contributed by atoms with Crippen LogP contribution in [0, 0.1) is 6.92 Å². The van der Waals surface area contributed by atoms with Crippen molar-refractivity contribution in [3.63, 3.8) is 0 Å². The number of thiazole rings is 1. The molecule has 152 valence electrons. The number of halogens is 1. The number of aryl methyl sites for hydroxylation is 2. The van der Waals surface area contributed by atoms with Crippen LogP contribution in [0.5, 0.6) is 0 Å². The first-order valence-electron chi connectivity index (χ1n) is 9.71. The minimum absolute atomic E-state index is 0.0263. The van der Waals surface area contributed by atoms with Crippen molar-refractivity contribution < 1.29 is 4.79 Å². The summed E-state index contributed by atoms with van der Waals surface area (Å²) in [6.07, 6.45) is 2.12. The average molecular weight is 437 g/mol. The summed E-state index contributed by atoms with van der Waals surface area (Å²) in [6.45, 7) is 1.90. The van der Waals surface area contributed by atoms with Gasteiger partial charge in [0.1, 0.15) is 5.82 Å². The zero-order valence-electron chi connectivity index (χ0n) is 16.5. The van der Waals surface area contributed by atoms with Gasteiger partial charge >= 0.3 is 0 Å². The van der Waals surface area contributed by atoms with Gasteiger partial charge in [0.2, 0.25) is 11.0 Å². The number of carbonyl (C=O) groups excluding carboxylic acids is 1. The minimum atomic E-state index is -0.0263. The molecule has 0 unspecified atom stereocenters. The first-order chi connectivity index (χ1) is 14.6. The molecule has 1 amide bonds. The number of aromatic nitrogens is 3. The number of anilines is 1. The van der Waals surface area contributed by atoms with Crippen molar-refractivity contribution in [3.05, 3.63) is 82.3 Å². The monoisotopic (exact) mass is 436 g/mol. The standard InChI is InChI=1S/C23H21ClN4OS/c1-16-14-21(26-22(29)9-5-8-17-6-3-2-4-7-17)28(27-16)23-25-20(15-30-23)18-10-12-19(24)13-11-18/h2-4,6-7,10-15H,5,8-9H2,1H3,(H,26,29). The van der Waals surface area contributed by atoms with E-state index in [0.717, 1.165) is 29.8 Å². The Morgan fingerprint density at radius 3 is 2.67 bits per heavy atom. The number of nitrogens with zero attached hydrogens (tertiary/aromatic N) is 3. The summed E-state index contributed by atoms with van der Waals surface area (Å²) in [5.74, 6) is 0.607. The van der Waals surface area contributed by atoms with E-state index in [-0.39, 0.29) is 5.91 Å².